The fourth-order valence-electron chi connectivity index (χ4n) is 4.82. The minimum Gasteiger partial charge on any atom is -0.465 e. The smallest absolute Gasteiger partial charge is 0.407 e. The van der Waals surface area contributed by atoms with Gasteiger partial charge in [-0.2, -0.15) is 0 Å². The van der Waals surface area contributed by atoms with Crippen molar-refractivity contribution in [1.82, 2.24) is 10.2 Å². The van der Waals surface area contributed by atoms with Crippen LogP contribution in [0.1, 0.15) is 45.4 Å². The van der Waals surface area contributed by atoms with E-state index in [1.165, 1.54) is 29.5 Å². The summed E-state index contributed by atoms with van der Waals surface area (Å²) in [6.45, 7) is 1.93. The minimum absolute atomic E-state index is 0.300. The molecule has 1 saturated carbocycles. The van der Waals surface area contributed by atoms with E-state index in [0.29, 0.717) is 18.9 Å². The van der Waals surface area contributed by atoms with E-state index < -0.39 is 59.3 Å². The van der Waals surface area contributed by atoms with Gasteiger partial charge in [0.2, 0.25) is 5.91 Å². The van der Waals surface area contributed by atoms with Gasteiger partial charge < -0.3 is 30.5 Å². The van der Waals surface area contributed by atoms with Crippen LogP contribution in [0.3, 0.4) is 0 Å². The van der Waals surface area contributed by atoms with Crippen LogP contribution in [0.2, 0.25) is 0 Å². The number of carboxylic acid groups (broad SMARTS) is 1. The molecule has 3 aliphatic rings. The SMILES string of the molecule is CSC1OC(C(NC(=O)C2CCC(CC3CC3)CCN2C(=O)O)C(C)Cl)C(O)C(O)C1O. The Bertz CT molecular complexity index is 666. The summed E-state index contributed by atoms with van der Waals surface area (Å²) in [5, 5.41) is 42.7. The van der Waals surface area contributed by atoms with Gasteiger partial charge in [0.1, 0.15) is 35.9 Å². The highest BCUT2D eigenvalue weighted by Gasteiger charge is 2.48. The fourth-order valence-corrected chi connectivity index (χ4v) is 5.70. The molecular weight excluding hydrogens is 460 g/mol. The molecule has 184 valence electrons. The Kier molecular flexibility index (Phi) is 8.96. The number of likely N-dealkylation sites (tertiary alicyclic amines) is 1. The van der Waals surface area contributed by atoms with Gasteiger partial charge in [0.25, 0.3) is 0 Å². The molecule has 1 aliphatic carbocycles. The predicted octanol–water partition coefficient (Wildman–Crippen LogP) is 1.22. The summed E-state index contributed by atoms with van der Waals surface area (Å²) in [4.78, 5) is 26.3. The summed E-state index contributed by atoms with van der Waals surface area (Å²) in [5.74, 6) is 0.655. The Balaban J connectivity index is 1.72. The summed E-state index contributed by atoms with van der Waals surface area (Å²) in [7, 11) is 0. The number of carbonyl (C=O) groups is 2. The van der Waals surface area contributed by atoms with Gasteiger partial charge in [-0.25, -0.2) is 4.79 Å². The largest absolute Gasteiger partial charge is 0.465 e. The first-order chi connectivity index (χ1) is 15.1. The average Bonchev–Trinajstić information content (AvgIpc) is 3.58. The number of rotatable bonds is 7. The van der Waals surface area contributed by atoms with Crippen molar-refractivity contribution in [3.8, 4) is 0 Å². The zero-order chi connectivity index (χ0) is 23.6. The molecule has 0 radical (unpaired) electrons. The van der Waals surface area contributed by atoms with Gasteiger partial charge in [-0.05, 0) is 50.7 Å². The Morgan fingerprint density at radius 1 is 1.09 bits per heavy atom. The monoisotopic (exact) mass is 494 g/mol. The van der Waals surface area contributed by atoms with Crippen LogP contribution in [0, 0.1) is 11.8 Å². The van der Waals surface area contributed by atoms with Crippen molar-refractivity contribution in [2.45, 2.75) is 92.8 Å². The van der Waals surface area contributed by atoms with E-state index in [2.05, 4.69) is 5.32 Å². The summed E-state index contributed by atoms with van der Waals surface area (Å²) in [5.41, 5.74) is -0.801. The molecule has 2 amide bonds. The Morgan fingerprint density at radius 2 is 1.72 bits per heavy atom. The summed E-state index contributed by atoms with van der Waals surface area (Å²) in [6.07, 6.45) is 0.782. The Morgan fingerprint density at radius 3 is 2.28 bits per heavy atom. The standard InChI is InChI=1S/C21H35ClN2O7S/c1-10(22)14(18-16(26)15(25)17(27)20(31-18)32-2)23-19(28)13-6-5-12(9-11-3-4-11)7-8-24(13)21(29)30/h10-18,20,25-27H,3-9H2,1-2H3,(H,23,28)(H,29,30). The lowest BCUT2D eigenvalue weighted by molar-refractivity contribution is -0.205. The first-order valence-electron chi connectivity index (χ1n) is 11.3. The Hall–Kier alpha value is -0.780. The molecule has 2 heterocycles. The van der Waals surface area contributed by atoms with Gasteiger partial charge in [0, 0.05) is 6.54 Å². The van der Waals surface area contributed by atoms with E-state index in [9.17, 15) is 30.0 Å². The lowest BCUT2D eigenvalue weighted by atomic mass is 9.92. The molecule has 0 aromatic rings. The van der Waals surface area contributed by atoms with Crippen LogP contribution < -0.4 is 5.32 Å². The molecule has 0 spiro atoms. The van der Waals surface area contributed by atoms with Crippen LogP contribution in [-0.4, -0.2) is 97.4 Å². The van der Waals surface area contributed by atoms with Crippen molar-refractivity contribution in [1.29, 1.82) is 0 Å². The second-order valence-corrected chi connectivity index (χ2v) is 10.9. The van der Waals surface area contributed by atoms with E-state index in [1.807, 2.05) is 0 Å². The van der Waals surface area contributed by atoms with Gasteiger partial charge in [0.15, 0.2) is 0 Å². The number of halogens is 1. The third kappa shape index (κ3) is 6.01. The molecule has 0 bridgehead atoms. The number of ether oxygens (including phenoxy) is 1. The van der Waals surface area contributed by atoms with Gasteiger partial charge in [-0.3, -0.25) is 9.69 Å². The number of hydrogen-bond donors (Lipinski definition) is 5. The highest BCUT2D eigenvalue weighted by Crippen LogP contribution is 2.39. The summed E-state index contributed by atoms with van der Waals surface area (Å²) >= 11 is 7.50. The molecule has 0 aromatic carbocycles. The van der Waals surface area contributed by atoms with Crippen molar-refractivity contribution < 1.29 is 34.8 Å². The summed E-state index contributed by atoms with van der Waals surface area (Å²) in [6, 6.07) is -1.75. The van der Waals surface area contributed by atoms with Crippen LogP contribution in [0.4, 0.5) is 4.79 Å². The number of thioether (sulfide) groups is 1. The van der Waals surface area contributed by atoms with Crippen LogP contribution in [0.25, 0.3) is 0 Å². The molecule has 11 heteroatoms. The maximum atomic E-state index is 13.2. The van der Waals surface area contributed by atoms with Crippen molar-refractivity contribution in [3.63, 3.8) is 0 Å². The molecular formula is C21H35ClN2O7S. The van der Waals surface area contributed by atoms with E-state index in [0.717, 1.165) is 25.2 Å². The van der Waals surface area contributed by atoms with Crippen molar-refractivity contribution in [2.24, 2.45) is 11.8 Å². The number of nitrogens with one attached hydrogen (secondary N) is 1. The quantitative estimate of drug-likeness (QED) is 0.333. The van der Waals surface area contributed by atoms with Crippen molar-refractivity contribution >= 4 is 35.4 Å². The molecule has 9 nitrogen and oxygen atoms in total. The second kappa shape index (κ2) is 11.1. The van der Waals surface area contributed by atoms with E-state index in [-0.39, 0.29) is 0 Å². The van der Waals surface area contributed by atoms with Crippen LogP contribution in [-0.2, 0) is 9.53 Å². The third-order valence-electron chi connectivity index (χ3n) is 6.91. The van der Waals surface area contributed by atoms with Gasteiger partial charge in [-0.15, -0.1) is 23.4 Å². The number of nitrogens with zero attached hydrogens (tertiary/aromatic N) is 1. The van der Waals surface area contributed by atoms with E-state index >= 15 is 0 Å². The predicted molar refractivity (Wildman–Crippen MR) is 121 cm³/mol. The molecule has 9 unspecified atom stereocenters. The average molecular weight is 495 g/mol. The number of carbonyl (C=O) groups excluding carboxylic acids is 1. The highest BCUT2D eigenvalue weighted by atomic mass is 35.5. The lowest BCUT2D eigenvalue weighted by Crippen LogP contribution is -2.65. The number of hydrogen-bond acceptors (Lipinski definition) is 7. The molecule has 3 fully saturated rings. The topological polar surface area (TPSA) is 140 Å². The van der Waals surface area contributed by atoms with Gasteiger partial charge in [0.05, 0.1) is 11.4 Å². The van der Waals surface area contributed by atoms with Gasteiger partial charge >= 0.3 is 6.09 Å². The lowest BCUT2D eigenvalue weighted by Gasteiger charge is -2.44. The van der Waals surface area contributed by atoms with Crippen LogP contribution in [0.15, 0.2) is 0 Å². The Labute approximate surface area is 197 Å². The first kappa shape index (κ1) is 25.8. The van der Waals surface area contributed by atoms with Crippen molar-refractivity contribution in [2.75, 3.05) is 12.8 Å². The molecule has 3 rings (SSSR count). The molecule has 2 saturated heterocycles. The molecule has 2 aliphatic heterocycles. The fraction of sp³-hybridized carbons (Fsp3) is 0.905. The molecule has 9 atom stereocenters. The highest BCUT2D eigenvalue weighted by molar-refractivity contribution is 7.99. The van der Waals surface area contributed by atoms with E-state index in [1.54, 1.807) is 13.2 Å². The number of aliphatic hydroxyl groups is 3. The number of alkyl halides is 1. The summed E-state index contributed by atoms with van der Waals surface area (Å²) < 4.78 is 5.78. The third-order valence-corrected chi connectivity index (χ3v) is 8.04. The normalized spacial score (nSPS) is 37.9. The molecule has 0 aromatic heterocycles. The second-order valence-electron chi connectivity index (χ2n) is 9.29. The first-order valence-corrected chi connectivity index (χ1v) is 13.0. The number of aliphatic hydroxyl groups excluding tert-OH is 3. The van der Waals surface area contributed by atoms with Crippen LogP contribution in [0.5, 0.6) is 0 Å². The minimum atomic E-state index is -1.47. The maximum absolute atomic E-state index is 13.2. The number of amides is 2. The van der Waals surface area contributed by atoms with E-state index in [4.69, 9.17) is 16.3 Å². The maximum Gasteiger partial charge on any atom is 0.407 e. The van der Waals surface area contributed by atoms with Crippen LogP contribution >= 0.6 is 23.4 Å². The zero-order valence-electron chi connectivity index (χ0n) is 18.5. The molecule has 32 heavy (non-hydrogen) atoms. The van der Waals surface area contributed by atoms with Crippen molar-refractivity contribution in [3.05, 3.63) is 0 Å². The molecule has 5 N–H and O–H groups in total. The zero-order valence-corrected chi connectivity index (χ0v) is 20.0. The van der Waals surface area contributed by atoms with Gasteiger partial charge in [-0.1, -0.05) is 12.8 Å².